The van der Waals surface area contributed by atoms with E-state index in [0.717, 1.165) is 42.0 Å². The first-order valence-corrected chi connectivity index (χ1v) is 12.1. The van der Waals surface area contributed by atoms with E-state index >= 15 is 0 Å². The van der Waals surface area contributed by atoms with Gasteiger partial charge in [-0.1, -0.05) is 6.07 Å². The molecule has 1 fully saturated rings. The van der Waals surface area contributed by atoms with Crippen LogP contribution in [0.15, 0.2) is 29.9 Å². The number of anilines is 1. The Bertz CT molecular complexity index is 1180. The van der Waals surface area contributed by atoms with Gasteiger partial charge in [0.1, 0.15) is 0 Å². The molecule has 150 valence electrons. The molecule has 0 radical (unpaired) electrons. The summed E-state index contributed by atoms with van der Waals surface area (Å²) in [6.07, 6.45) is 3.14. The Morgan fingerprint density at radius 3 is 2.76 bits per heavy atom. The molecule has 1 aromatic carbocycles. The highest BCUT2D eigenvalue weighted by Crippen LogP contribution is 2.28. The van der Waals surface area contributed by atoms with Gasteiger partial charge < -0.3 is 10.3 Å². The van der Waals surface area contributed by atoms with Crippen molar-refractivity contribution in [1.82, 2.24) is 19.9 Å². The zero-order valence-electron chi connectivity index (χ0n) is 15.7. The molecule has 0 unspecified atom stereocenters. The van der Waals surface area contributed by atoms with Crippen LogP contribution in [0.3, 0.4) is 0 Å². The Morgan fingerprint density at radius 1 is 1.14 bits per heavy atom. The number of aromatic nitrogens is 3. The normalized spacial score (nSPS) is 19.9. The lowest BCUT2D eigenvalue weighted by Crippen LogP contribution is -2.48. The van der Waals surface area contributed by atoms with E-state index in [1.807, 2.05) is 5.51 Å². The molecule has 29 heavy (non-hydrogen) atoms. The molecule has 4 heterocycles. The van der Waals surface area contributed by atoms with Gasteiger partial charge in [0.2, 0.25) is 5.95 Å². The molecule has 2 aromatic heterocycles. The van der Waals surface area contributed by atoms with Crippen molar-refractivity contribution < 1.29 is 8.42 Å². The van der Waals surface area contributed by atoms with Gasteiger partial charge in [0.05, 0.1) is 39.0 Å². The van der Waals surface area contributed by atoms with Crippen molar-refractivity contribution >= 4 is 43.6 Å². The van der Waals surface area contributed by atoms with Crippen LogP contribution in [-0.2, 0) is 21.3 Å². The molecule has 0 amide bonds. The maximum Gasteiger partial charge on any atom is 0.225 e. The second kappa shape index (κ2) is 7.12. The average Bonchev–Trinajstić information content (AvgIpc) is 3.30. The number of hydrogen-bond acceptors (Lipinski definition) is 9. The lowest BCUT2D eigenvalue weighted by atomic mass is 10.0. The Morgan fingerprint density at radius 2 is 1.97 bits per heavy atom. The Balaban J connectivity index is 1.30. The molecule has 3 aromatic rings. The van der Waals surface area contributed by atoms with Crippen LogP contribution >= 0.6 is 11.3 Å². The van der Waals surface area contributed by atoms with Crippen LogP contribution in [0.5, 0.6) is 0 Å². The topological polar surface area (TPSA) is 103 Å². The summed E-state index contributed by atoms with van der Waals surface area (Å²) in [4.78, 5) is 17.7. The van der Waals surface area contributed by atoms with Crippen molar-refractivity contribution in [2.75, 3.05) is 31.1 Å². The maximum absolute atomic E-state index is 11.8. The van der Waals surface area contributed by atoms with Crippen LogP contribution in [0.2, 0.25) is 0 Å². The van der Waals surface area contributed by atoms with Crippen LogP contribution < -0.4 is 4.90 Å². The van der Waals surface area contributed by atoms with Crippen molar-refractivity contribution in [2.24, 2.45) is 0 Å². The molecule has 0 bridgehead atoms. The molecule has 10 heteroatoms. The highest BCUT2D eigenvalue weighted by Gasteiger charge is 2.29. The van der Waals surface area contributed by atoms with Gasteiger partial charge in [-0.15, -0.1) is 11.3 Å². The number of benzene rings is 1. The molecule has 1 atom stereocenters. The van der Waals surface area contributed by atoms with Crippen molar-refractivity contribution in [3.8, 4) is 0 Å². The fourth-order valence-corrected chi connectivity index (χ4v) is 6.14. The largest absolute Gasteiger partial charge is 0.338 e. The van der Waals surface area contributed by atoms with Gasteiger partial charge in [0.15, 0.2) is 9.84 Å². The van der Waals surface area contributed by atoms with Gasteiger partial charge >= 0.3 is 0 Å². The van der Waals surface area contributed by atoms with E-state index in [9.17, 15) is 8.42 Å². The molecule has 1 N–H and O–H groups in total. The first-order valence-electron chi connectivity index (χ1n) is 9.40. The van der Waals surface area contributed by atoms with Crippen molar-refractivity contribution in [3.05, 3.63) is 46.7 Å². The van der Waals surface area contributed by atoms with Crippen molar-refractivity contribution in [1.29, 1.82) is 5.41 Å². The Hall–Kier alpha value is -2.43. The van der Waals surface area contributed by atoms with Crippen LogP contribution in [0, 0.1) is 5.41 Å². The summed E-state index contributed by atoms with van der Waals surface area (Å²) in [5, 5.41) is 7.96. The lowest BCUT2D eigenvalue weighted by Gasteiger charge is -2.38. The minimum Gasteiger partial charge on any atom is -0.338 e. The van der Waals surface area contributed by atoms with Crippen molar-refractivity contribution in [3.63, 3.8) is 0 Å². The third-order valence-corrected chi connectivity index (χ3v) is 7.79. The molecule has 8 nitrogen and oxygen atoms in total. The number of nitrogens with one attached hydrogen (secondary N) is 1. The predicted octanol–water partition coefficient (Wildman–Crippen LogP) is 2.03. The second-order valence-electron chi connectivity index (χ2n) is 7.39. The molecular formula is C19H20N6O2S2. The Kier molecular flexibility index (Phi) is 4.56. The number of fused-ring (bicyclic) bond motifs is 2. The molecule has 5 rings (SSSR count). The van der Waals surface area contributed by atoms with Gasteiger partial charge in [0.25, 0.3) is 0 Å². The zero-order valence-corrected chi connectivity index (χ0v) is 17.3. The van der Waals surface area contributed by atoms with Gasteiger partial charge in [-0.2, -0.15) is 0 Å². The van der Waals surface area contributed by atoms with E-state index in [2.05, 4.69) is 43.0 Å². The van der Waals surface area contributed by atoms with Gasteiger partial charge in [0, 0.05) is 44.2 Å². The van der Waals surface area contributed by atoms with E-state index in [0.29, 0.717) is 17.2 Å². The molecule has 2 aliphatic rings. The molecule has 1 saturated heterocycles. The summed E-state index contributed by atoms with van der Waals surface area (Å²) in [6.45, 7) is 3.01. The zero-order chi connectivity index (χ0) is 20.0. The van der Waals surface area contributed by atoms with Crippen LogP contribution in [0.1, 0.15) is 22.9 Å². The van der Waals surface area contributed by atoms with E-state index in [1.54, 1.807) is 17.5 Å². The number of sulfone groups is 1. The number of piperazine rings is 1. The predicted molar refractivity (Wildman–Crippen MR) is 113 cm³/mol. The highest BCUT2D eigenvalue weighted by molar-refractivity contribution is 7.90. The standard InChI is InChI=1S/C19H20N6O2S2/c20-8-17(13-1-2-18-15(7-13)22-12-28-18)24-3-5-25(6-4-24)19-21-9-14-10-29(26,27)11-16(14)23-19/h1-2,7-9,12,17,20H,3-6,10-11H2/t17-/m1/s1. The second-order valence-corrected chi connectivity index (χ2v) is 10.3. The van der Waals surface area contributed by atoms with Crippen LogP contribution in [0.25, 0.3) is 10.2 Å². The van der Waals surface area contributed by atoms with E-state index < -0.39 is 9.84 Å². The fourth-order valence-electron chi connectivity index (χ4n) is 4.00. The van der Waals surface area contributed by atoms with Gasteiger partial charge in [-0.3, -0.25) is 4.90 Å². The maximum atomic E-state index is 11.8. The summed E-state index contributed by atoms with van der Waals surface area (Å²) in [6, 6.07) is 6.13. The van der Waals surface area contributed by atoms with E-state index in [1.165, 1.54) is 6.21 Å². The smallest absolute Gasteiger partial charge is 0.225 e. The summed E-state index contributed by atoms with van der Waals surface area (Å²) < 4.78 is 24.8. The monoisotopic (exact) mass is 428 g/mol. The quantitative estimate of drug-likeness (QED) is 0.634. The summed E-state index contributed by atoms with van der Waals surface area (Å²) >= 11 is 1.62. The molecular weight excluding hydrogens is 408 g/mol. The first-order chi connectivity index (χ1) is 14.0. The van der Waals surface area contributed by atoms with Gasteiger partial charge in [-0.25, -0.2) is 23.4 Å². The molecule has 0 saturated carbocycles. The average molecular weight is 429 g/mol. The summed E-state index contributed by atoms with van der Waals surface area (Å²) in [5.74, 6) is 0.642. The number of thiazole rings is 1. The fraction of sp³-hybridized carbons (Fsp3) is 0.368. The van der Waals surface area contributed by atoms with E-state index in [4.69, 9.17) is 5.41 Å². The Labute approximate surface area is 172 Å². The third kappa shape index (κ3) is 3.52. The minimum absolute atomic E-state index is 0.00674. The third-order valence-electron chi connectivity index (χ3n) is 5.52. The summed E-state index contributed by atoms with van der Waals surface area (Å²) in [7, 11) is -3.08. The SMILES string of the molecule is N=C[C@H](c1ccc2scnc2c1)N1CCN(c2ncc3c(n2)CS(=O)(=O)C3)CC1. The first kappa shape index (κ1) is 18.6. The van der Waals surface area contributed by atoms with Gasteiger partial charge in [-0.05, 0) is 17.7 Å². The van der Waals surface area contributed by atoms with Crippen molar-refractivity contribution in [2.45, 2.75) is 17.5 Å². The van der Waals surface area contributed by atoms with Crippen LogP contribution in [-0.4, -0.2) is 60.7 Å². The number of hydrogen-bond donors (Lipinski definition) is 1. The molecule has 0 spiro atoms. The molecule has 2 aliphatic heterocycles. The minimum atomic E-state index is -3.08. The number of nitrogens with zero attached hydrogens (tertiary/aromatic N) is 5. The summed E-state index contributed by atoms with van der Waals surface area (Å²) in [5.41, 5.74) is 5.24. The lowest BCUT2D eigenvalue weighted by molar-refractivity contribution is 0.231. The molecule has 0 aliphatic carbocycles. The van der Waals surface area contributed by atoms with Crippen LogP contribution in [0.4, 0.5) is 5.95 Å². The highest BCUT2D eigenvalue weighted by atomic mass is 32.2. The van der Waals surface area contributed by atoms with E-state index in [-0.39, 0.29) is 17.5 Å². The number of rotatable bonds is 4.